The quantitative estimate of drug-likeness (QED) is 0.231. The van der Waals surface area contributed by atoms with Gasteiger partial charge in [-0.25, -0.2) is 4.98 Å². The van der Waals surface area contributed by atoms with Crippen molar-refractivity contribution in [1.82, 2.24) is 39.7 Å². The molecule has 6 heterocycles. The van der Waals surface area contributed by atoms with Crippen LogP contribution in [0.3, 0.4) is 0 Å². The Labute approximate surface area is 311 Å². The van der Waals surface area contributed by atoms with Gasteiger partial charge in [-0.2, -0.15) is 0 Å². The molecule has 3 aliphatic carbocycles. The number of piperazine rings is 1. The molecule has 5 fully saturated rings. The third kappa shape index (κ3) is 5.81. The summed E-state index contributed by atoms with van der Waals surface area (Å²) in [7, 11) is 2.94. The number of nitrogens with zero attached hydrogens (tertiary/aromatic N) is 7. The number of amides is 2. The predicted octanol–water partition coefficient (Wildman–Crippen LogP) is 2.41. The van der Waals surface area contributed by atoms with Crippen molar-refractivity contribution >= 4 is 28.7 Å². The van der Waals surface area contributed by atoms with Crippen molar-refractivity contribution in [3.8, 4) is 17.4 Å². The minimum atomic E-state index is -0.433. The third-order valence-electron chi connectivity index (χ3n) is 12.1. The highest BCUT2D eigenvalue weighted by Gasteiger charge is 2.69. The summed E-state index contributed by atoms with van der Waals surface area (Å²) in [6.45, 7) is 8.53. The molecule has 2 bridgehead atoms. The van der Waals surface area contributed by atoms with Crippen LogP contribution in [0.4, 0.5) is 5.69 Å². The Morgan fingerprint density at radius 3 is 2.48 bits per heavy atom. The highest BCUT2D eigenvalue weighted by atomic mass is 16.5. The molecule has 2 N–H and O–H groups in total. The van der Waals surface area contributed by atoms with Gasteiger partial charge in [0.1, 0.15) is 17.8 Å². The second-order valence-electron chi connectivity index (χ2n) is 15.5. The van der Waals surface area contributed by atoms with Crippen LogP contribution in [-0.4, -0.2) is 105 Å². The molecule has 1 atom stereocenters. The number of anilines is 1. The molecule has 0 spiro atoms. The minimum absolute atomic E-state index is 0.0354. The fraction of sp³-hybridized carbons (Fsp3) is 0.553. The topological polar surface area (TPSA) is 179 Å². The van der Waals surface area contributed by atoms with Crippen molar-refractivity contribution < 1.29 is 23.8 Å². The lowest BCUT2D eigenvalue weighted by Gasteiger charge is -2.72. The van der Waals surface area contributed by atoms with Crippen LogP contribution in [0.25, 0.3) is 16.9 Å². The Morgan fingerprint density at radius 1 is 1.07 bits per heavy atom. The second-order valence-corrected chi connectivity index (χ2v) is 15.5. The molecule has 4 aromatic rings. The van der Waals surface area contributed by atoms with E-state index in [1.807, 2.05) is 16.4 Å². The van der Waals surface area contributed by atoms with E-state index < -0.39 is 5.91 Å². The molecule has 0 unspecified atom stereocenters. The smallest absolute Gasteiger partial charge is 0.263 e. The van der Waals surface area contributed by atoms with E-state index in [2.05, 4.69) is 34.2 Å². The monoisotopic (exact) mass is 741 g/mol. The first-order chi connectivity index (χ1) is 26.0. The number of aromatic amines is 1. The second kappa shape index (κ2) is 13.6. The maximum atomic E-state index is 14.5. The lowest BCUT2D eigenvalue weighted by Crippen LogP contribution is -2.76. The number of hydrogen-bond donors (Lipinski definition) is 2. The van der Waals surface area contributed by atoms with Crippen molar-refractivity contribution in [2.24, 2.45) is 11.3 Å². The molecule has 54 heavy (non-hydrogen) atoms. The molecule has 0 radical (unpaired) electrons. The molecule has 286 valence electrons. The van der Waals surface area contributed by atoms with Gasteiger partial charge >= 0.3 is 0 Å². The average molecular weight is 742 g/mol. The van der Waals surface area contributed by atoms with Crippen LogP contribution in [0.2, 0.25) is 0 Å². The zero-order valence-electron chi connectivity index (χ0n) is 31.4. The maximum Gasteiger partial charge on any atom is 0.263 e. The van der Waals surface area contributed by atoms with Gasteiger partial charge in [0.25, 0.3) is 5.91 Å². The van der Waals surface area contributed by atoms with Crippen LogP contribution in [-0.2, 0) is 22.5 Å². The zero-order chi connectivity index (χ0) is 37.9. The fourth-order valence-corrected chi connectivity index (χ4v) is 9.08. The Hall–Kier alpha value is -5.25. The van der Waals surface area contributed by atoms with E-state index in [9.17, 15) is 19.2 Å². The molecule has 2 saturated heterocycles. The van der Waals surface area contributed by atoms with Crippen molar-refractivity contribution in [2.75, 3.05) is 58.5 Å². The van der Waals surface area contributed by atoms with Crippen LogP contribution in [0.5, 0.6) is 11.8 Å². The van der Waals surface area contributed by atoms with Gasteiger partial charge < -0.3 is 38.9 Å². The maximum absolute atomic E-state index is 14.5. The highest BCUT2D eigenvalue weighted by molar-refractivity contribution is 5.96. The van der Waals surface area contributed by atoms with Gasteiger partial charge in [0.05, 0.1) is 26.5 Å². The van der Waals surface area contributed by atoms with Gasteiger partial charge in [-0.15, -0.1) is 15.0 Å². The van der Waals surface area contributed by atoms with Gasteiger partial charge in [-0.1, -0.05) is 20.8 Å². The van der Waals surface area contributed by atoms with Gasteiger partial charge in [0.15, 0.2) is 11.2 Å². The Bertz CT molecular complexity index is 2230. The van der Waals surface area contributed by atoms with E-state index in [0.29, 0.717) is 84.6 Å². The summed E-state index contributed by atoms with van der Waals surface area (Å²) in [6.07, 6.45) is 7.27. The molecule has 16 heteroatoms. The Balaban J connectivity index is 1.11. The average Bonchev–Trinajstić information content (AvgIpc) is 3.85. The van der Waals surface area contributed by atoms with Crippen LogP contribution >= 0.6 is 0 Å². The molecule has 3 saturated carbocycles. The van der Waals surface area contributed by atoms with Gasteiger partial charge in [-0.3, -0.25) is 19.2 Å². The van der Waals surface area contributed by atoms with E-state index in [1.54, 1.807) is 29.4 Å². The lowest BCUT2D eigenvalue weighted by atomic mass is 9.36. The van der Waals surface area contributed by atoms with Gasteiger partial charge in [0.2, 0.25) is 28.5 Å². The number of hydrogen-bond acceptors (Lipinski definition) is 11. The van der Waals surface area contributed by atoms with Crippen molar-refractivity contribution in [3.63, 3.8) is 0 Å². The summed E-state index contributed by atoms with van der Waals surface area (Å²) in [5, 5.41) is 12.7. The Kier molecular flexibility index (Phi) is 8.98. The van der Waals surface area contributed by atoms with E-state index >= 15 is 0 Å². The largest absolute Gasteiger partial charge is 0.482 e. The van der Waals surface area contributed by atoms with Crippen LogP contribution in [0, 0.1) is 11.3 Å². The summed E-state index contributed by atoms with van der Waals surface area (Å²) < 4.78 is 18.1. The molecule has 5 aliphatic rings. The summed E-state index contributed by atoms with van der Waals surface area (Å²) >= 11 is 0. The first-order valence-electron chi connectivity index (χ1n) is 18.8. The van der Waals surface area contributed by atoms with E-state index in [0.717, 1.165) is 19.3 Å². The predicted molar refractivity (Wildman–Crippen MR) is 199 cm³/mol. The number of H-pyrrole nitrogens is 1. The van der Waals surface area contributed by atoms with Crippen LogP contribution in [0.1, 0.15) is 74.0 Å². The van der Waals surface area contributed by atoms with E-state index in [1.165, 1.54) is 19.0 Å². The molecular weight excluding hydrogens is 694 g/mol. The number of ether oxygens (including phenoxy) is 3. The number of nitrogens with one attached hydrogen (secondary N) is 2. The summed E-state index contributed by atoms with van der Waals surface area (Å²) in [4.78, 5) is 68.0. The molecule has 9 rings (SSSR count). The third-order valence-corrected chi connectivity index (χ3v) is 12.1. The number of carbonyl (C=O) groups is 2. The summed E-state index contributed by atoms with van der Waals surface area (Å²) in [6, 6.07) is 3.38. The number of carbonyl (C=O) groups excluding carboxylic acids is 2. The fourth-order valence-electron chi connectivity index (χ4n) is 9.08. The molecule has 2 amide bonds. The minimum Gasteiger partial charge on any atom is -0.482 e. The molecule has 4 aromatic heterocycles. The number of pyridine rings is 3. The zero-order valence-corrected chi connectivity index (χ0v) is 31.4. The van der Waals surface area contributed by atoms with Crippen LogP contribution < -0.4 is 30.5 Å². The first-order valence-corrected chi connectivity index (χ1v) is 18.8. The standard InChI is InChI=1S/C38H47N9O7/c1-6-26-31(44-10-12-45(13-11-44)36(51)29-32(49)25(16-40-35(29)53-5)23-8-14-54-18-23)33(50)30-34(43-47(42-30)24-7-9-39-28(15-24)52-4)46(26)17-27(48)41-38-19-37(20-38,21-38)22(2)3/h7,9,15-16,22-23H,6,8,10-14,17-21H2,1-5H3,(H,40,49)(H,41,48)/t23-,37?,38?/m0/s1. The normalized spacial score (nSPS) is 23.3. The number of methoxy groups -OCH3 is 2. The van der Waals surface area contributed by atoms with Crippen LogP contribution in [0.15, 0.2) is 34.1 Å². The summed E-state index contributed by atoms with van der Waals surface area (Å²) in [5.41, 5.74) is 2.00. The molecule has 0 aromatic carbocycles. The SMILES string of the molecule is CCc1c(N2CCN(C(=O)c3c(OC)[nH]cc([C@H]4CCOC4)c3=O)CC2)c(=O)c2nn(-c3ccnc(OC)c3)nc2n1CC(=O)NC12CC(C(C)C)(C1)C2. The van der Waals surface area contributed by atoms with E-state index in [-0.39, 0.29) is 64.8 Å². The van der Waals surface area contributed by atoms with Crippen molar-refractivity contribution in [2.45, 2.75) is 70.9 Å². The summed E-state index contributed by atoms with van der Waals surface area (Å²) in [5.74, 6) is 0.382. The molecule has 16 nitrogen and oxygen atoms in total. The highest BCUT2D eigenvalue weighted by Crippen LogP contribution is 2.70. The molecule has 2 aliphatic heterocycles. The number of rotatable bonds is 11. The van der Waals surface area contributed by atoms with Crippen molar-refractivity contribution in [1.29, 1.82) is 0 Å². The van der Waals surface area contributed by atoms with Gasteiger partial charge in [-0.05, 0) is 49.5 Å². The Morgan fingerprint density at radius 2 is 1.83 bits per heavy atom. The van der Waals surface area contributed by atoms with E-state index in [4.69, 9.17) is 19.3 Å². The number of fused-ring (bicyclic) bond motifs is 1. The van der Waals surface area contributed by atoms with Gasteiger partial charge in [0, 0.05) is 74.0 Å². The number of aromatic nitrogens is 6. The molecular formula is C38H47N9O7. The first kappa shape index (κ1) is 35.8. The lowest BCUT2D eigenvalue weighted by molar-refractivity contribution is -0.187. The van der Waals surface area contributed by atoms with Crippen molar-refractivity contribution in [3.05, 3.63) is 61.8 Å².